The molecule has 0 aromatic carbocycles. The van der Waals surface area contributed by atoms with Crippen molar-refractivity contribution in [3.63, 3.8) is 0 Å². The van der Waals surface area contributed by atoms with Gasteiger partial charge in [-0.15, -0.1) is 0 Å². The molecule has 0 saturated carbocycles. The number of carbonyl (C=O) groups is 1. The maximum atomic E-state index is 10.3. The van der Waals surface area contributed by atoms with Crippen molar-refractivity contribution in [1.29, 1.82) is 0 Å². The Kier molecular flexibility index (Phi) is 2.49. The molecule has 0 aromatic heterocycles. The van der Waals surface area contributed by atoms with Gasteiger partial charge in [0.25, 0.3) is 0 Å². The molecule has 0 N–H and O–H groups in total. The fraction of sp³-hybridized carbons (Fsp3) is 0.400. The number of hydrogen-bond acceptors (Lipinski definition) is 2. The SMILES string of the molecule is C#CN(C)C(=O)OC. The Morgan fingerprint density at radius 1 is 1.88 bits per heavy atom. The standard InChI is InChI=1S/C5H7NO2/c1-4-6(2)5(7)8-3/h1H,2-3H3. The number of ether oxygens (including phenoxy) is 1. The summed E-state index contributed by atoms with van der Waals surface area (Å²) >= 11 is 0. The van der Waals surface area contributed by atoms with Crippen molar-refractivity contribution in [3.05, 3.63) is 0 Å². The molecule has 0 rings (SSSR count). The lowest BCUT2D eigenvalue weighted by molar-refractivity contribution is 0.149. The van der Waals surface area contributed by atoms with Crippen molar-refractivity contribution in [1.82, 2.24) is 4.90 Å². The monoisotopic (exact) mass is 113 g/mol. The zero-order valence-electron chi connectivity index (χ0n) is 4.84. The molecule has 0 unspecified atom stereocenters. The minimum Gasteiger partial charge on any atom is -0.452 e. The Bertz CT molecular complexity index is 125. The molecule has 0 aliphatic rings. The van der Waals surface area contributed by atoms with Crippen molar-refractivity contribution in [2.45, 2.75) is 0 Å². The van der Waals surface area contributed by atoms with E-state index in [2.05, 4.69) is 10.8 Å². The van der Waals surface area contributed by atoms with E-state index in [4.69, 9.17) is 6.42 Å². The molecular weight excluding hydrogens is 106 g/mol. The molecule has 0 fully saturated rings. The molecule has 3 nitrogen and oxygen atoms in total. The summed E-state index contributed by atoms with van der Waals surface area (Å²) < 4.78 is 4.25. The van der Waals surface area contributed by atoms with Gasteiger partial charge in [0.1, 0.15) is 0 Å². The van der Waals surface area contributed by atoms with E-state index in [-0.39, 0.29) is 0 Å². The Hall–Kier alpha value is -1.17. The van der Waals surface area contributed by atoms with Crippen molar-refractivity contribution in [2.24, 2.45) is 0 Å². The first kappa shape index (κ1) is 6.83. The Morgan fingerprint density at radius 2 is 2.38 bits per heavy atom. The quantitative estimate of drug-likeness (QED) is 0.333. The second-order valence-corrected chi connectivity index (χ2v) is 1.16. The Morgan fingerprint density at radius 3 is 2.50 bits per heavy atom. The molecule has 0 radical (unpaired) electrons. The van der Waals surface area contributed by atoms with Gasteiger partial charge in [0, 0.05) is 13.1 Å². The summed E-state index contributed by atoms with van der Waals surface area (Å²) in [6.07, 6.45) is 4.30. The molecule has 3 heteroatoms. The van der Waals surface area contributed by atoms with Crippen LogP contribution in [-0.2, 0) is 4.74 Å². The van der Waals surface area contributed by atoms with E-state index < -0.39 is 6.09 Å². The maximum absolute atomic E-state index is 10.3. The molecule has 0 aromatic rings. The largest absolute Gasteiger partial charge is 0.452 e. The van der Waals surface area contributed by atoms with E-state index in [9.17, 15) is 4.79 Å². The van der Waals surface area contributed by atoms with Gasteiger partial charge in [0.2, 0.25) is 0 Å². The van der Waals surface area contributed by atoms with Crippen LogP contribution in [-0.4, -0.2) is 25.2 Å². The molecule has 44 valence electrons. The fourth-order valence-corrected chi connectivity index (χ4v) is 0.190. The van der Waals surface area contributed by atoms with Crippen LogP contribution < -0.4 is 0 Å². The van der Waals surface area contributed by atoms with Crippen LogP contribution in [0.2, 0.25) is 0 Å². The number of hydrogen-bond donors (Lipinski definition) is 0. The van der Waals surface area contributed by atoms with Crippen LogP contribution in [0.5, 0.6) is 0 Å². The summed E-state index contributed by atoms with van der Waals surface area (Å²) in [5.74, 6) is 0. The third-order valence-corrected chi connectivity index (χ3v) is 0.642. The van der Waals surface area contributed by atoms with E-state index in [0.717, 1.165) is 4.90 Å². The number of nitrogens with zero attached hydrogens (tertiary/aromatic N) is 1. The van der Waals surface area contributed by atoms with Crippen LogP contribution in [0.3, 0.4) is 0 Å². The van der Waals surface area contributed by atoms with Gasteiger partial charge < -0.3 is 4.74 Å². The van der Waals surface area contributed by atoms with Crippen molar-refractivity contribution in [3.8, 4) is 12.5 Å². The summed E-state index contributed by atoms with van der Waals surface area (Å²) in [6.45, 7) is 0. The summed E-state index contributed by atoms with van der Waals surface area (Å²) in [6, 6.07) is 2.07. The lowest BCUT2D eigenvalue weighted by Gasteiger charge is -2.04. The van der Waals surface area contributed by atoms with Crippen LogP contribution in [0.25, 0.3) is 0 Å². The van der Waals surface area contributed by atoms with E-state index in [1.54, 1.807) is 0 Å². The van der Waals surface area contributed by atoms with Gasteiger partial charge in [-0.05, 0) is 0 Å². The highest BCUT2D eigenvalue weighted by Crippen LogP contribution is 1.81. The van der Waals surface area contributed by atoms with Crippen LogP contribution in [0.1, 0.15) is 0 Å². The average Bonchev–Trinajstić information content (AvgIpc) is 1.84. The van der Waals surface area contributed by atoms with Gasteiger partial charge in [-0.1, -0.05) is 6.42 Å². The van der Waals surface area contributed by atoms with Gasteiger partial charge in [0.15, 0.2) is 0 Å². The molecule has 0 saturated heterocycles. The van der Waals surface area contributed by atoms with Crippen LogP contribution in [0.4, 0.5) is 4.79 Å². The van der Waals surface area contributed by atoms with Crippen LogP contribution in [0, 0.1) is 12.5 Å². The van der Waals surface area contributed by atoms with E-state index in [0.29, 0.717) is 0 Å². The third-order valence-electron chi connectivity index (χ3n) is 0.642. The zero-order chi connectivity index (χ0) is 6.57. The van der Waals surface area contributed by atoms with Crippen molar-refractivity contribution in [2.75, 3.05) is 14.2 Å². The van der Waals surface area contributed by atoms with Crippen LogP contribution in [0.15, 0.2) is 0 Å². The van der Waals surface area contributed by atoms with Gasteiger partial charge in [-0.3, -0.25) is 0 Å². The first-order valence-electron chi connectivity index (χ1n) is 2.00. The predicted octanol–water partition coefficient (Wildman–Crippen LogP) is 0.275. The molecule has 0 atom stereocenters. The summed E-state index contributed by atoms with van der Waals surface area (Å²) in [7, 11) is 2.72. The lowest BCUT2D eigenvalue weighted by Crippen LogP contribution is -2.20. The first-order valence-corrected chi connectivity index (χ1v) is 2.00. The Labute approximate surface area is 48.2 Å². The number of carbonyl (C=O) groups excluding carboxylic acids is 1. The van der Waals surface area contributed by atoms with Gasteiger partial charge in [-0.2, -0.15) is 0 Å². The second kappa shape index (κ2) is 2.92. The molecule has 0 spiro atoms. The molecular formula is C5H7NO2. The van der Waals surface area contributed by atoms with Gasteiger partial charge in [-0.25, -0.2) is 9.69 Å². The number of rotatable bonds is 0. The van der Waals surface area contributed by atoms with Gasteiger partial charge >= 0.3 is 6.09 Å². The Balaban J connectivity index is 3.68. The van der Waals surface area contributed by atoms with E-state index in [1.165, 1.54) is 14.2 Å². The van der Waals surface area contributed by atoms with Crippen LogP contribution >= 0.6 is 0 Å². The van der Waals surface area contributed by atoms with Gasteiger partial charge in [0.05, 0.1) is 7.11 Å². The minimum atomic E-state index is -0.521. The topological polar surface area (TPSA) is 29.5 Å². The average molecular weight is 113 g/mol. The highest BCUT2D eigenvalue weighted by Gasteiger charge is 2.01. The smallest absolute Gasteiger partial charge is 0.420 e. The molecule has 0 heterocycles. The normalized spacial score (nSPS) is 7.12. The number of terminal acetylenes is 1. The van der Waals surface area contributed by atoms with Crippen molar-refractivity contribution >= 4 is 6.09 Å². The maximum Gasteiger partial charge on any atom is 0.420 e. The zero-order valence-corrected chi connectivity index (χ0v) is 4.84. The molecule has 0 bridgehead atoms. The molecule has 1 amide bonds. The fourth-order valence-electron chi connectivity index (χ4n) is 0.190. The highest BCUT2D eigenvalue weighted by molar-refractivity contribution is 5.68. The third kappa shape index (κ3) is 1.52. The summed E-state index contributed by atoms with van der Waals surface area (Å²) in [5, 5.41) is 0. The molecule has 0 aliphatic heterocycles. The first-order chi connectivity index (χ1) is 3.72. The summed E-state index contributed by atoms with van der Waals surface area (Å²) in [5.41, 5.74) is 0. The second-order valence-electron chi connectivity index (χ2n) is 1.16. The number of methoxy groups -OCH3 is 1. The number of amides is 1. The lowest BCUT2D eigenvalue weighted by atomic mass is 10.8. The van der Waals surface area contributed by atoms with E-state index in [1.807, 2.05) is 0 Å². The minimum absolute atomic E-state index is 0.521. The predicted molar refractivity (Wildman–Crippen MR) is 29.0 cm³/mol. The van der Waals surface area contributed by atoms with Crippen molar-refractivity contribution < 1.29 is 9.53 Å². The molecule has 0 aliphatic carbocycles. The summed E-state index contributed by atoms with van der Waals surface area (Å²) in [4.78, 5) is 11.3. The highest BCUT2D eigenvalue weighted by atomic mass is 16.5. The molecule has 8 heavy (non-hydrogen) atoms. The van der Waals surface area contributed by atoms with E-state index >= 15 is 0 Å².